The number of carbonyl (C=O) groups excluding carboxylic acids is 1. The first-order chi connectivity index (χ1) is 12.1. The van der Waals surface area contributed by atoms with Crippen LogP contribution in [0.25, 0.3) is 0 Å². The Morgan fingerprint density at radius 2 is 2.04 bits per heavy atom. The highest BCUT2D eigenvalue weighted by atomic mass is 16.5. The van der Waals surface area contributed by atoms with Gasteiger partial charge in [0.05, 0.1) is 12.2 Å². The van der Waals surface area contributed by atoms with Gasteiger partial charge in [-0.05, 0) is 49.9 Å². The van der Waals surface area contributed by atoms with Crippen LogP contribution >= 0.6 is 0 Å². The number of aliphatic hydroxyl groups is 1. The number of hydrogen-bond donors (Lipinski definition) is 1. The fourth-order valence-corrected chi connectivity index (χ4v) is 4.17. The summed E-state index contributed by atoms with van der Waals surface area (Å²) >= 11 is 0. The summed E-state index contributed by atoms with van der Waals surface area (Å²) in [6.07, 6.45) is 8.34. The van der Waals surface area contributed by atoms with Gasteiger partial charge in [0.1, 0.15) is 5.75 Å². The highest BCUT2D eigenvalue weighted by Gasteiger charge is 2.43. The molecule has 138 valence electrons. The van der Waals surface area contributed by atoms with Gasteiger partial charge in [0.2, 0.25) is 0 Å². The first kappa shape index (κ1) is 18.2. The van der Waals surface area contributed by atoms with E-state index in [0.29, 0.717) is 25.1 Å². The topological polar surface area (TPSA) is 49.8 Å². The molecule has 0 spiro atoms. The van der Waals surface area contributed by atoms with E-state index in [4.69, 9.17) is 4.74 Å². The third-order valence-corrected chi connectivity index (χ3v) is 5.83. The summed E-state index contributed by atoms with van der Waals surface area (Å²) in [5.74, 6) is 1.14. The summed E-state index contributed by atoms with van der Waals surface area (Å²) in [4.78, 5) is 14.7. The largest absolute Gasteiger partial charge is 0.494 e. The fourth-order valence-electron chi connectivity index (χ4n) is 4.17. The van der Waals surface area contributed by atoms with Crippen molar-refractivity contribution in [1.82, 2.24) is 4.90 Å². The number of fused-ring (bicyclic) bond motifs is 1. The second kappa shape index (κ2) is 8.22. The molecule has 1 saturated carbocycles. The van der Waals surface area contributed by atoms with Gasteiger partial charge in [-0.15, -0.1) is 0 Å². The van der Waals surface area contributed by atoms with Crippen molar-refractivity contribution in [3.05, 3.63) is 29.8 Å². The Kier molecular flexibility index (Phi) is 6.00. The second-order valence-electron chi connectivity index (χ2n) is 7.63. The molecule has 0 bridgehead atoms. The third-order valence-electron chi connectivity index (χ3n) is 5.83. The van der Waals surface area contributed by atoms with Crippen molar-refractivity contribution in [1.29, 1.82) is 0 Å². The molecule has 25 heavy (non-hydrogen) atoms. The molecule has 2 atom stereocenters. The molecule has 2 fully saturated rings. The van der Waals surface area contributed by atoms with Gasteiger partial charge in [0.25, 0.3) is 5.91 Å². The van der Waals surface area contributed by atoms with E-state index < -0.39 is 5.60 Å². The van der Waals surface area contributed by atoms with Gasteiger partial charge in [-0.3, -0.25) is 4.79 Å². The molecule has 0 radical (unpaired) electrons. The van der Waals surface area contributed by atoms with Crippen LogP contribution < -0.4 is 4.74 Å². The monoisotopic (exact) mass is 345 g/mol. The van der Waals surface area contributed by atoms with Crippen molar-refractivity contribution in [2.45, 2.75) is 63.9 Å². The van der Waals surface area contributed by atoms with Crippen LogP contribution in [0.2, 0.25) is 0 Å². The minimum atomic E-state index is -0.536. The number of nitrogens with zero attached hydrogens (tertiary/aromatic N) is 1. The summed E-state index contributed by atoms with van der Waals surface area (Å²) < 4.78 is 5.71. The number of piperidine rings is 1. The smallest absolute Gasteiger partial charge is 0.253 e. The molecule has 1 aromatic rings. The summed E-state index contributed by atoms with van der Waals surface area (Å²) in [6, 6.07) is 7.50. The van der Waals surface area contributed by atoms with E-state index in [0.717, 1.165) is 38.0 Å². The number of benzene rings is 1. The average molecular weight is 345 g/mol. The van der Waals surface area contributed by atoms with Crippen LogP contribution in [0.3, 0.4) is 0 Å². The van der Waals surface area contributed by atoms with Crippen LogP contribution in [0.1, 0.15) is 68.6 Å². The molecule has 1 saturated heterocycles. The highest BCUT2D eigenvalue weighted by Crippen LogP contribution is 2.40. The SMILES string of the molecule is CCCCCOc1ccc(C(=O)N2CC[C@@]3(O)CCCC[C@@H]3C2)cc1. The summed E-state index contributed by atoms with van der Waals surface area (Å²) in [6.45, 7) is 4.24. The lowest BCUT2D eigenvalue weighted by Crippen LogP contribution is -2.54. The summed E-state index contributed by atoms with van der Waals surface area (Å²) in [5, 5.41) is 10.8. The van der Waals surface area contributed by atoms with Gasteiger partial charge in [0.15, 0.2) is 0 Å². The zero-order valence-corrected chi connectivity index (χ0v) is 15.4. The third kappa shape index (κ3) is 4.35. The molecule has 2 aliphatic rings. The highest BCUT2D eigenvalue weighted by molar-refractivity contribution is 5.94. The number of hydrogen-bond acceptors (Lipinski definition) is 3. The van der Waals surface area contributed by atoms with E-state index in [-0.39, 0.29) is 11.8 Å². The van der Waals surface area contributed by atoms with Crippen molar-refractivity contribution in [2.75, 3.05) is 19.7 Å². The van der Waals surface area contributed by atoms with Crippen LogP contribution in [0.5, 0.6) is 5.75 Å². The Morgan fingerprint density at radius 1 is 1.24 bits per heavy atom. The Morgan fingerprint density at radius 3 is 2.80 bits per heavy atom. The molecular formula is C21H31NO3. The van der Waals surface area contributed by atoms with Crippen molar-refractivity contribution in [3.8, 4) is 5.75 Å². The van der Waals surface area contributed by atoms with Crippen LogP contribution in [0.15, 0.2) is 24.3 Å². The quantitative estimate of drug-likeness (QED) is 0.792. The normalized spacial score (nSPS) is 26.2. The number of amides is 1. The van der Waals surface area contributed by atoms with Gasteiger partial charge >= 0.3 is 0 Å². The zero-order valence-electron chi connectivity index (χ0n) is 15.4. The zero-order chi connectivity index (χ0) is 17.7. The Bertz CT molecular complexity index is 571. The maximum atomic E-state index is 12.8. The molecule has 4 heteroatoms. The molecule has 1 N–H and O–H groups in total. The molecule has 1 heterocycles. The van der Waals surface area contributed by atoms with E-state index in [1.165, 1.54) is 19.3 Å². The Balaban J connectivity index is 1.56. The lowest BCUT2D eigenvalue weighted by atomic mass is 9.71. The van der Waals surface area contributed by atoms with Crippen LogP contribution in [0, 0.1) is 5.92 Å². The van der Waals surface area contributed by atoms with E-state index in [2.05, 4.69) is 6.92 Å². The van der Waals surface area contributed by atoms with E-state index in [9.17, 15) is 9.90 Å². The lowest BCUT2D eigenvalue weighted by Gasteiger charge is -2.47. The van der Waals surface area contributed by atoms with E-state index in [1.807, 2.05) is 29.2 Å². The molecule has 1 amide bonds. The number of ether oxygens (including phenoxy) is 1. The minimum Gasteiger partial charge on any atom is -0.494 e. The average Bonchev–Trinajstić information content (AvgIpc) is 2.64. The van der Waals surface area contributed by atoms with E-state index >= 15 is 0 Å². The predicted octanol–water partition coefficient (Wildman–Crippen LogP) is 4.02. The van der Waals surface area contributed by atoms with Crippen molar-refractivity contribution >= 4 is 5.91 Å². The van der Waals surface area contributed by atoms with Gasteiger partial charge in [-0.25, -0.2) is 0 Å². The Labute approximate surface area is 151 Å². The molecule has 1 aliphatic carbocycles. The molecule has 3 rings (SSSR count). The Hall–Kier alpha value is -1.55. The molecule has 1 aliphatic heterocycles. The van der Waals surface area contributed by atoms with Crippen molar-refractivity contribution in [3.63, 3.8) is 0 Å². The molecule has 4 nitrogen and oxygen atoms in total. The van der Waals surface area contributed by atoms with Crippen LogP contribution in [-0.4, -0.2) is 41.2 Å². The lowest BCUT2D eigenvalue weighted by molar-refractivity contribution is -0.0886. The standard InChI is InChI=1S/C21H31NO3/c1-2-3-6-15-25-19-10-8-17(9-11-19)20(23)22-14-13-21(24)12-5-4-7-18(21)16-22/h8-11,18,24H,2-7,12-16H2,1H3/t18-,21+/m1/s1. The fraction of sp³-hybridized carbons (Fsp3) is 0.667. The van der Waals surface area contributed by atoms with E-state index in [1.54, 1.807) is 0 Å². The van der Waals surface area contributed by atoms with Crippen molar-refractivity contribution < 1.29 is 14.6 Å². The molecule has 1 aromatic carbocycles. The number of rotatable bonds is 6. The number of likely N-dealkylation sites (tertiary alicyclic amines) is 1. The number of carbonyl (C=O) groups is 1. The summed E-state index contributed by atoms with van der Waals surface area (Å²) in [5.41, 5.74) is 0.174. The minimum absolute atomic E-state index is 0.0742. The second-order valence-corrected chi connectivity index (χ2v) is 7.63. The molecular weight excluding hydrogens is 314 g/mol. The van der Waals surface area contributed by atoms with Gasteiger partial charge < -0.3 is 14.7 Å². The summed E-state index contributed by atoms with van der Waals surface area (Å²) in [7, 11) is 0. The first-order valence-corrected chi connectivity index (χ1v) is 9.87. The van der Waals surface area contributed by atoms with Crippen molar-refractivity contribution in [2.24, 2.45) is 5.92 Å². The first-order valence-electron chi connectivity index (χ1n) is 9.87. The van der Waals surface area contributed by atoms with Gasteiger partial charge in [-0.2, -0.15) is 0 Å². The predicted molar refractivity (Wildman–Crippen MR) is 98.9 cm³/mol. The molecule has 0 aromatic heterocycles. The molecule has 0 unspecified atom stereocenters. The maximum Gasteiger partial charge on any atom is 0.253 e. The van der Waals surface area contributed by atoms with Crippen LogP contribution in [0.4, 0.5) is 0 Å². The number of unbranched alkanes of at least 4 members (excludes halogenated alkanes) is 2. The van der Waals surface area contributed by atoms with Crippen LogP contribution in [-0.2, 0) is 0 Å². The maximum absolute atomic E-state index is 12.8. The van der Waals surface area contributed by atoms with Gasteiger partial charge in [-0.1, -0.05) is 32.6 Å². The van der Waals surface area contributed by atoms with Gasteiger partial charge in [0, 0.05) is 24.6 Å².